The van der Waals surface area contributed by atoms with Gasteiger partial charge in [0, 0.05) is 13.1 Å². The molecule has 0 radical (unpaired) electrons. The Balaban J connectivity index is -0.000000363. The summed E-state index contributed by atoms with van der Waals surface area (Å²) in [6, 6.07) is 0. The van der Waals surface area contributed by atoms with Gasteiger partial charge >= 0.3 is 59.1 Å². The molecule has 0 atom stereocenters. The molecule has 0 aliphatic heterocycles. The zero-order valence-corrected chi connectivity index (χ0v) is 22.5. The normalized spacial score (nSPS) is 10.9. The van der Waals surface area contributed by atoms with E-state index in [1.807, 2.05) is 0 Å². The molecule has 0 aromatic carbocycles. The second-order valence-electron chi connectivity index (χ2n) is 5.07. The van der Waals surface area contributed by atoms with E-state index >= 15 is 0 Å². The zero-order valence-electron chi connectivity index (χ0n) is 17.5. The molecule has 0 saturated heterocycles. The van der Waals surface area contributed by atoms with Crippen molar-refractivity contribution in [3.63, 3.8) is 0 Å². The molecule has 5 nitrogen and oxygen atoms in total. The smallest absolute Gasteiger partial charge is 0.813 e. The second kappa shape index (κ2) is 27.9. The molecule has 140 valence electrons. The molecule has 0 rings (SSSR count). The third kappa shape index (κ3) is 29.5. The third-order valence-electron chi connectivity index (χ3n) is 2.94. The van der Waals surface area contributed by atoms with Crippen LogP contribution in [0.3, 0.4) is 0 Å². The first kappa shape index (κ1) is 34.2. The standard InChI is InChI=1S/C18H32N2.2Na.H3O3P/c1-5-13-19(14-6-2)17-11-9-10-12-18-20(15-7-3)16-8-4;;;1-4(2)3/h5-8,13-16H,9-12,17-18H2,1-4H3;;;4H,(H2,1,2,3)/q;2*+1;/p-2. The SMILES string of the molecule is CC=CN(C=CC)CCCCCCN(C=CC)C=CC.O=[PH]([O-])[O-].[Na+].[Na+]. The first-order valence-corrected chi connectivity index (χ1v) is 9.65. The zero-order chi connectivity index (χ0) is 18.6. The Morgan fingerprint density at radius 3 is 1.08 bits per heavy atom. The van der Waals surface area contributed by atoms with Gasteiger partial charge in [0.2, 0.25) is 0 Å². The summed E-state index contributed by atoms with van der Waals surface area (Å²) in [4.78, 5) is 21.5. The number of unbranched alkanes of at least 4 members (excludes halogenated alkanes) is 3. The van der Waals surface area contributed by atoms with Crippen LogP contribution in [-0.2, 0) is 4.57 Å². The summed E-state index contributed by atoms with van der Waals surface area (Å²) in [5.74, 6) is 0. The molecule has 26 heavy (non-hydrogen) atoms. The predicted octanol–water partition coefficient (Wildman–Crippen LogP) is -2.61. The molecule has 0 aliphatic rings. The maximum atomic E-state index is 8.52. The number of rotatable bonds is 11. The Morgan fingerprint density at radius 1 is 0.654 bits per heavy atom. The van der Waals surface area contributed by atoms with Crippen LogP contribution >= 0.6 is 8.25 Å². The Labute approximate surface area is 205 Å². The molecule has 0 bridgehead atoms. The molecular weight excluding hydrogens is 369 g/mol. The van der Waals surface area contributed by atoms with Crippen LogP contribution in [0.15, 0.2) is 49.1 Å². The average molecular weight is 402 g/mol. The van der Waals surface area contributed by atoms with E-state index in [1.165, 1.54) is 25.7 Å². The molecule has 0 N–H and O–H groups in total. The van der Waals surface area contributed by atoms with Crippen molar-refractivity contribution in [1.29, 1.82) is 0 Å². The topological polar surface area (TPSA) is 69.7 Å². The summed E-state index contributed by atoms with van der Waals surface area (Å²) in [6.45, 7) is 10.5. The largest absolute Gasteiger partial charge is 1.00 e. The summed E-state index contributed by atoms with van der Waals surface area (Å²) in [5.41, 5.74) is 0. The minimum absolute atomic E-state index is 0. The number of hydrogen-bond donors (Lipinski definition) is 0. The van der Waals surface area contributed by atoms with Gasteiger partial charge in [-0.1, -0.05) is 45.4 Å². The van der Waals surface area contributed by atoms with E-state index in [1.54, 1.807) is 0 Å². The van der Waals surface area contributed by atoms with Gasteiger partial charge in [-0.2, -0.15) is 0 Å². The van der Waals surface area contributed by atoms with Crippen LogP contribution in [0.1, 0.15) is 53.4 Å². The van der Waals surface area contributed by atoms with E-state index in [4.69, 9.17) is 14.4 Å². The summed E-state index contributed by atoms with van der Waals surface area (Å²) in [5, 5.41) is 0. The van der Waals surface area contributed by atoms with Gasteiger partial charge in [0.15, 0.2) is 0 Å². The van der Waals surface area contributed by atoms with Crippen molar-refractivity contribution < 1.29 is 73.5 Å². The van der Waals surface area contributed by atoms with E-state index < -0.39 is 8.25 Å². The first-order valence-electron chi connectivity index (χ1n) is 8.42. The summed E-state index contributed by atoms with van der Waals surface area (Å²) in [7, 11) is -3.63. The second-order valence-corrected chi connectivity index (χ2v) is 5.57. The van der Waals surface area contributed by atoms with Crippen LogP contribution in [0.25, 0.3) is 0 Å². The first-order chi connectivity index (χ1) is 11.5. The molecule has 0 heterocycles. The Hall–Kier alpha value is 0.710. The molecule has 0 spiro atoms. The van der Waals surface area contributed by atoms with Crippen molar-refractivity contribution in [2.75, 3.05) is 13.1 Å². The van der Waals surface area contributed by atoms with Crippen molar-refractivity contribution >= 4 is 8.25 Å². The number of hydrogen-bond acceptors (Lipinski definition) is 5. The molecule has 0 fully saturated rings. The van der Waals surface area contributed by atoms with Crippen molar-refractivity contribution in [1.82, 2.24) is 9.80 Å². The van der Waals surface area contributed by atoms with Crippen LogP contribution in [0, 0.1) is 0 Å². The van der Waals surface area contributed by atoms with Gasteiger partial charge < -0.3 is 24.2 Å². The summed E-state index contributed by atoms with van der Waals surface area (Å²) >= 11 is 0. The number of allylic oxidation sites excluding steroid dienone is 4. The van der Waals surface area contributed by atoms with Gasteiger partial charge in [0.1, 0.15) is 0 Å². The van der Waals surface area contributed by atoms with Crippen LogP contribution < -0.4 is 68.9 Å². The monoisotopic (exact) mass is 402 g/mol. The average Bonchev–Trinajstić information content (AvgIpc) is 2.50. The molecule has 0 unspecified atom stereocenters. The van der Waals surface area contributed by atoms with Crippen molar-refractivity contribution in [3.05, 3.63) is 49.1 Å². The molecule has 8 heteroatoms. The van der Waals surface area contributed by atoms with E-state index in [0.29, 0.717) is 0 Å². The van der Waals surface area contributed by atoms with Gasteiger partial charge in [-0.3, -0.25) is 0 Å². The maximum absolute atomic E-state index is 8.52. The third-order valence-corrected chi connectivity index (χ3v) is 2.94. The number of nitrogens with zero attached hydrogens (tertiary/aromatic N) is 2. The minimum atomic E-state index is -3.63. The molecule has 0 amide bonds. The fourth-order valence-electron chi connectivity index (χ4n) is 2.11. The van der Waals surface area contributed by atoms with E-state index in [2.05, 4.69) is 86.6 Å². The van der Waals surface area contributed by atoms with Crippen LogP contribution in [-0.4, -0.2) is 22.9 Å². The van der Waals surface area contributed by atoms with Gasteiger partial charge in [-0.25, -0.2) is 0 Å². The fourth-order valence-corrected chi connectivity index (χ4v) is 2.11. The molecule has 0 saturated carbocycles. The molecular formula is C18H33N2Na2O3P. The van der Waals surface area contributed by atoms with E-state index in [-0.39, 0.29) is 59.1 Å². The molecule has 0 aromatic rings. The van der Waals surface area contributed by atoms with Gasteiger partial charge in [-0.05, 0) is 65.3 Å². The Morgan fingerprint density at radius 2 is 0.885 bits per heavy atom. The van der Waals surface area contributed by atoms with Crippen molar-refractivity contribution in [2.45, 2.75) is 53.4 Å². The van der Waals surface area contributed by atoms with Gasteiger partial charge in [0.05, 0.1) is 0 Å². The van der Waals surface area contributed by atoms with Crippen molar-refractivity contribution in [3.8, 4) is 0 Å². The van der Waals surface area contributed by atoms with Crippen LogP contribution in [0.2, 0.25) is 0 Å². The molecule has 0 aromatic heterocycles. The summed E-state index contributed by atoms with van der Waals surface area (Å²) < 4.78 is 8.52. The maximum Gasteiger partial charge on any atom is 1.00 e. The van der Waals surface area contributed by atoms with Crippen LogP contribution in [0.4, 0.5) is 0 Å². The quantitative estimate of drug-likeness (QED) is 0.215. The van der Waals surface area contributed by atoms with Gasteiger partial charge in [0.25, 0.3) is 0 Å². The van der Waals surface area contributed by atoms with E-state index in [0.717, 1.165) is 13.1 Å². The van der Waals surface area contributed by atoms with Gasteiger partial charge in [-0.15, -0.1) is 0 Å². The Bertz CT molecular complexity index is 357. The minimum Gasteiger partial charge on any atom is -0.813 e. The van der Waals surface area contributed by atoms with Crippen molar-refractivity contribution in [2.24, 2.45) is 0 Å². The summed E-state index contributed by atoms with van der Waals surface area (Å²) in [6.07, 6.45) is 22.0. The van der Waals surface area contributed by atoms with Crippen LogP contribution in [0.5, 0.6) is 0 Å². The Kier molecular flexibility index (Phi) is 36.8. The fraction of sp³-hybridized carbons (Fsp3) is 0.556. The van der Waals surface area contributed by atoms with E-state index in [9.17, 15) is 0 Å². The molecule has 0 aliphatic carbocycles. The predicted molar refractivity (Wildman–Crippen MR) is 100 cm³/mol.